The minimum atomic E-state index is -0.435. The van der Waals surface area contributed by atoms with Gasteiger partial charge in [0, 0.05) is 27.2 Å². The van der Waals surface area contributed by atoms with Crippen LogP contribution in [-0.4, -0.2) is 48.7 Å². The molecule has 0 rings (SSSR count). The third-order valence-corrected chi connectivity index (χ3v) is 1.80. The number of likely N-dealkylation sites (N-methyl/N-ethyl adjacent to an activating group) is 2. The lowest BCUT2D eigenvalue weighted by atomic mass is 10.2. The van der Waals surface area contributed by atoms with Crippen LogP contribution in [0.4, 0.5) is 4.79 Å². The number of carbonyl (C=O) groups excluding carboxylic acids is 1. The molecular formula is C11H22N2O2. The molecule has 0 saturated carbocycles. The van der Waals surface area contributed by atoms with E-state index in [4.69, 9.17) is 4.74 Å². The van der Waals surface area contributed by atoms with Crippen LogP contribution in [0.2, 0.25) is 0 Å². The molecule has 0 aliphatic carbocycles. The summed E-state index contributed by atoms with van der Waals surface area (Å²) in [6.07, 6.45) is 1.43. The molecule has 0 saturated heterocycles. The molecule has 4 heteroatoms. The van der Waals surface area contributed by atoms with Crippen LogP contribution in [0.3, 0.4) is 0 Å². The topological polar surface area (TPSA) is 32.8 Å². The summed E-state index contributed by atoms with van der Waals surface area (Å²) in [5.41, 5.74) is -0.435. The molecule has 0 heterocycles. The number of nitrogens with zero attached hydrogens (tertiary/aromatic N) is 2. The monoisotopic (exact) mass is 214 g/mol. The zero-order valence-corrected chi connectivity index (χ0v) is 10.4. The molecule has 0 aliphatic rings. The molecular weight excluding hydrogens is 192 g/mol. The maximum atomic E-state index is 11.5. The van der Waals surface area contributed by atoms with E-state index >= 15 is 0 Å². The van der Waals surface area contributed by atoms with Crippen molar-refractivity contribution in [1.29, 1.82) is 0 Å². The Labute approximate surface area is 92.5 Å². The summed E-state index contributed by atoms with van der Waals surface area (Å²) in [4.78, 5) is 15.0. The molecule has 0 radical (unpaired) electrons. The first-order chi connectivity index (χ1) is 6.76. The number of ether oxygens (including phenoxy) is 1. The predicted octanol–water partition coefficient (Wildman–Crippen LogP) is 1.93. The number of hydrogen-bond donors (Lipinski definition) is 0. The SMILES string of the molecule is C=CN(C)CCN(C)C(=O)OC(C)(C)C. The predicted molar refractivity (Wildman–Crippen MR) is 61.7 cm³/mol. The van der Waals surface area contributed by atoms with Crippen LogP contribution in [0.25, 0.3) is 0 Å². The second-order valence-corrected chi connectivity index (χ2v) is 4.57. The molecule has 0 unspecified atom stereocenters. The number of amides is 1. The smallest absolute Gasteiger partial charge is 0.410 e. The summed E-state index contributed by atoms with van der Waals surface area (Å²) in [7, 11) is 3.64. The molecule has 0 aromatic rings. The van der Waals surface area contributed by atoms with Crippen molar-refractivity contribution in [1.82, 2.24) is 9.80 Å². The summed E-state index contributed by atoms with van der Waals surface area (Å²) in [5, 5.41) is 0. The fraction of sp³-hybridized carbons (Fsp3) is 0.727. The lowest BCUT2D eigenvalue weighted by Crippen LogP contribution is -2.37. The minimum absolute atomic E-state index is 0.292. The molecule has 0 fully saturated rings. The van der Waals surface area contributed by atoms with E-state index in [2.05, 4.69) is 6.58 Å². The van der Waals surface area contributed by atoms with Gasteiger partial charge in [-0.2, -0.15) is 0 Å². The highest BCUT2D eigenvalue weighted by atomic mass is 16.6. The molecule has 1 amide bonds. The van der Waals surface area contributed by atoms with E-state index < -0.39 is 5.60 Å². The third kappa shape index (κ3) is 6.82. The van der Waals surface area contributed by atoms with Crippen LogP contribution in [-0.2, 0) is 4.74 Å². The molecule has 0 N–H and O–H groups in total. The second kappa shape index (κ2) is 5.63. The summed E-state index contributed by atoms with van der Waals surface area (Å²) in [6, 6.07) is 0. The van der Waals surface area contributed by atoms with E-state index in [1.165, 1.54) is 0 Å². The van der Waals surface area contributed by atoms with Gasteiger partial charge in [-0.05, 0) is 27.0 Å². The Morgan fingerprint density at radius 1 is 1.33 bits per heavy atom. The molecule has 0 aliphatic heterocycles. The van der Waals surface area contributed by atoms with Crippen molar-refractivity contribution in [3.8, 4) is 0 Å². The Morgan fingerprint density at radius 3 is 2.27 bits per heavy atom. The van der Waals surface area contributed by atoms with Crippen molar-refractivity contribution in [2.45, 2.75) is 26.4 Å². The van der Waals surface area contributed by atoms with E-state index in [1.807, 2.05) is 32.7 Å². The first kappa shape index (κ1) is 13.8. The standard InChI is InChI=1S/C11H22N2O2/c1-7-12(5)8-9-13(6)10(14)15-11(2,3)4/h7H,1,8-9H2,2-6H3. The maximum Gasteiger partial charge on any atom is 0.410 e. The van der Waals surface area contributed by atoms with Crippen molar-refractivity contribution in [2.24, 2.45) is 0 Å². The van der Waals surface area contributed by atoms with Crippen LogP contribution >= 0.6 is 0 Å². The van der Waals surface area contributed by atoms with E-state index in [-0.39, 0.29) is 6.09 Å². The van der Waals surface area contributed by atoms with Gasteiger partial charge in [0.1, 0.15) is 5.60 Å². The lowest BCUT2D eigenvalue weighted by Gasteiger charge is -2.25. The van der Waals surface area contributed by atoms with E-state index in [9.17, 15) is 4.79 Å². The summed E-state index contributed by atoms with van der Waals surface area (Å²) in [6.45, 7) is 10.6. The van der Waals surface area contributed by atoms with Gasteiger partial charge < -0.3 is 14.5 Å². The second-order valence-electron chi connectivity index (χ2n) is 4.57. The van der Waals surface area contributed by atoms with E-state index in [1.54, 1.807) is 18.1 Å². The number of rotatable bonds is 4. The normalized spacial score (nSPS) is 10.7. The van der Waals surface area contributed by atoms with Crippen molar-refractivity contribution >= 4 is 6.09 Å². The Bertz CT molecular complexity index is 221. The first-order valence-electron chi connectivity index (χ1n) is 5.03. The Balaban J connectivity index is 3.95. The van der Waals surface area contributed by atoms with Crippen molar-refractivity contribution < 1.29 is 9.53 Å². The summed E-state index contributed by atoms with van der Waals surface area (Å²) < 4.78 is 5.21. The average Bonchev–Trinajstić information content (AvgIpc) is 2.10. The molecule has 0 aromatic heterocycles. The zero-order chi connectivity index (χ0) is 12.1. The molecule has 0 aromatic carbocycles. The Morgan fingerprint density at radius 2 is 1.87 bits per heavy atom. The van der Waals surface area contributed by atoms with Gasteiger partial charge in [-0.3, -0.25) is 0 Å². The van der Waals surface area contributed by atoms with Gasteiger partial charge in [0.25, 0.3) is 0 Å². The Hall–Kier alpha value is -1.19. The van der Waals surface area contributed by atoms with Gasteiger partial charge in [-0.25, -0.2) is 4.79 Å². The third-order valence-electron chi connectivity index (χ3n) is 1.80. The zero-order valence-electron chi connectivity index (χ0n) is 10.4. The van der Waals surface area contributed by atoms with Crippen LogP contribution in [0.15, 0.2) is 12.8 Å². The van der Waals surface area contributed by atoms with Crippen molar-refractivity contribution in [3.63, 3.8) is 0 Å². The number of carbonyl (C=O) groups is 1. The van der Waals surface area contributed by atoms with Gasteiger partial charge in [-0.15, -0.1) is 0 Å². The van der Waals surface area contributed by atoms with E-state index in [0.29, 0.717) is 6.54 Å². The summed E-state index contributed by atoms with van der Waals surface area (Å²) in [5.74, 6) is 0. The van der Waals surface area contributed by atoms with Gasteiger partial charge in [0.2, 0.25) is 0 Å². The minimum Gasteiger partial charge on any atom is -0.444 e. The maximum absolute atomic E-state index is 11.5. The van der Waals surface area contributed by atoms with E-state index in [0.717, 1.165) is 6.54 Å². The molecule has 0 bridgehead atoms. The average molecular weight is 214 g/mol. The Kier molecular flexibility index (Phi) is 5.19. The molecule has 0 atom stereocenters. The summed E-state index contributed by atoms with van der Waals surface area (Å²) >= 11 is 0. The number of hydrogen-bond acceptors (Lipinski definition) is 3. The highest BCUT2D eigenvalue weighted by Gasteiger charge is 2.19. The highest BCUT2D eigenvalue weighted by molar-refractivity contribution is 5.67. The fourth-order valence-corrected chi connectivity index (χ4v) is 0.830. The van der Waals surface area contributed by atoms with Gasteiger partial charge in [-0.1, -0.05) is 6.58 Å². The molecule has 15 heavy (non-hydrogen) atoms. The van der Waals surface area contributed by atoms with Crippen molar-refractivity contribution in [3.05, 3.63) is 12.8 Å². The molecule has 4 nitrogen and oxygen atoms in total. The van der Waals surface area contributed by atoms with Crippen LogP contribution < -0.4 is 0 Å². The largest absolute Gasteiger partial charge is 0.444 e. The van der Waals surface area contributed by atoms with Crippen LogP contribution in [0.5, 0.6) is 0 Å². The quantitative estimate of drug-likeness (QED) is 0.717. The van der Waals surface area contributed by atoms with Gasteiger partial charge in [0.15, 0.2) is 0 Å². The van der Waals surface area contributed by atoms with Gasteiger partial charge >= 0.3 is 6.09 Å². The van der Waals surface area contributed by atoms with Crippen molar-refractivity contribution in [2.75, 3.05) is 27.2 Å². The van der Waals surface area contributed by atoms with Crippen LogP contribution in [0.1, 0.15) is 20.8 Å². The lowest BCUT2D eigenvalue weighted by molar-refractivity contribution is 0.0292. The highest BCUT2D eigenvalue weighted by Crippen LogP contribution is 2.08. The first-order valence-corrected chi connectivity index (χ1v) is 5.03. The van der Waals surface area contributed by atoms with Crippen LogP contribution in [0, 0.1) is 0 Å². The molecule has 0 spiro atoms. The van der Waals surface area contributed by atoms with Gasteiger partial charge in [0.05, 0.1) is 0 Å². The fourth-order valence-electron chi connectivity index (χ4n) is 0.830. The molecule has 88 valence electrons.